The van der Waals surface area contributed by atoms with Crippen LogP contribution in [0, 0.1) is 0 Å². The number of hydrogen-bond acceptors (Lipinski definition) is 3. The van der Waals surface area contributed by atoms with Gasteiger partial charge in [-0.3, -0.25) is 9.69 Å². The molecule has 0 radical (unpaired) electrons. The van der Waals surface area contributed by atoms with E-state index in [0.717, 1.165) is 38.1 Å². The van der Waals surface area contributed by atoms with Gasteiger partial charge in [-0.2, -0.15) is 0 Å². The molecule has 20 heavy (non-hydrogen) atoms. The SMILES string of the molecule is CCOC1CCCN(CC(C(=O)O)c2ccccc2)C1. The Morgan fingerprint density at radius 2 is 2.20 bits per heavy atom. The van der Waals surface area contributed by atoms with E-state index in [2.05, 4.69) is 4.90 Å². The molecule has 2 atom stereocenters. The van der Waals surface area contributed by atoms with E-state index >= 15 is 0 Å². The van der Waals surface area contributed by atoms with Gasteiger partial charge in [-0.25, -0.2) is 0 Å². The highest BCUT2D eigenvalue weighted by atomic mass is 16.5. The first-order valence-electron chi connectivity index (χ1n) is 7.32. The first-order chi connectivity index (χ1) is 9.70. The van der Waals surface area contributed by atoms with Crippen LogP contribution >= 0.6 is 0 Å². The number of carbonyl (C=O) groups is 1. The topological polar surface area (TPSA) is 49.8 Å². The van der Waals surface area contributed by atoms with Crippen LogP contribution in [0.3, 0.4) is 0 Å². The van der Waals surface area contributed by atoms with Crippen LogP contribution in [0.4, 0.5) is 0 Å². The predicted octanol–water partition coefficient (Wildman–Crippen LogP) is 2.36. The van der Waals surface area contributed by atoms with Crippen molar-refractivity contribution in [1.29, 1.82) is 0 Å². The number of aliphatic carboxylic acids is 1. The minimum Gasteiger partial charge on any atom is -0.481 e. The van der Waals surface area contributed by atoms with Gasteiger partial charge in [0.2, 0.25) is 0 Å². The second kappa shape index (κ2) is 7.41. The highest BCUT2D eigenvalue weighted by Crippen LogP contribution is 2.21. The zero-order chi connectivity index (χ0) is 14.4. The van der Waals surface area contributed by atoms with E-state index in [0.29, 0.717) is 6.54 Å². The van der Waals surface area contributed by atoms with Crippen molar-refractivity contribution in [2.24, 2.45) is 0 Å². The third kappa shape index (κ3) is 4.05. The van der Waals surface area contributed by atoms with E-state index in [1.54, 1.807) is 0 Å². The number of carboxylic acid groups (broad SMARTS) is 1. The summed E-state index contributed by atoms with van der Waals surface area (Å²) >= 11 is 0. The highest BCUT2D eigenvalue weighted by Gasteiger charge is 2.26. The van der Waals surface area contributed by atoms with Gasteiger partial charge in [-0.1, -0.05) is 30.3 Å². The molecule has 1 aromatic rings. The fourth-order valence-electron chi connectivity index (χ4n) is 2.82. The maximum Gasteiger partial charge on any atom is 0.312 e. The molecule has 2 rings (SSSR count). The lowest BCUT2D eigenvalue weighted by Gasteiger charge is -2.34. The summed E-state index contributed by atoms with van der Waals surface area (Å²) in [5.41, 5.74) is 0.874. The maximum atomic E-state index is 11.5. The van der Waals surface area contributed by atoms with Gasteiger partial charge in [0.05, 0.1) is 12.0 Å². The molecular formula is C16H23NO3. The Labute approximate surface area is 120 Å². The Kier molecular flexibility index (Phi) is 5.56. The first-order valence-corrected chi connectivity index (χ1v) is 7.32. The van der Waals surface area contributed by atoms with Gasteiger partial charge >= 0.3 is 5.97 Å². The molecule has 2 unspecified atom stereocenters. The van der Waals surface area contributed by atoms with Gasteiger partial charge < -0.3 is 9.84 Å². The predicted molar refractivity (Wildman–Crippen MR) is 77.9 cm³/mol. The number of hydrogen-bond donors (Lipinski definition) is 1. The van der Waals surface area contributed by atoms with Gasteiger partial charge in [0.15, 0.2) is 0 Å². The molecule has 0 aliphatic carbocycles. The van der Waals surface area contributed by atoms with Crippen molar-refractivity contribution >= 4 is 5.97 Å². The molecule has 0 amide bonds. The normalized spacial score (nSPS) is 21.6. The molecule has 1 aliphatic heterocycles. The molecule has 110 valence electrons. The van der Waals surface area contributed by atoms with Crippen LogP contribution in [0.1, 0.15) is 31.2 Å². The minimum atomic E-state index is -0.755. The summed E-state index contributed by atoms with van der Waals surface area (Å²) in [5, 5.41) is 9.47. The Bertz CT molecular complexity index is 419. The Morgan fingerprint density at radius 1 is 1.45 bits per heavy atom. The van der Waals surface area contributed by atoms with Crippen LogP contribution in [0.5, 0.6) is 0 Å². The molecule has 1 aromatic carbocycles. The van der Waals surface area contributed by atoms with Crippen molar-refractivity contribution < 1.29 is 14.6 Å². The molecule has 1 N–H and O–H groups in total. The average molecular weight is 277 g/mol. The van der Waals surface area contributed by atoms with E-state index in [1.807, 2.05) is 37.3 Å². The number of carboxylic acids is 1. The van der Waals surface area contributed by atoms with Crippen LogP contribution in [0.25, 0.3) is 0 Å². The van der Waals surface area contributed by atoms with Crippen LogP contribution in [-0.2, 0) is 9.53 Å². The van der Waals surface area contributed by atoms with Crippen LogP contribution in [-0.4, -0.2) is 48.3 Å². The number of benzene rings is 1. The molecule has 0 aromatic heterocycles. The van der Waals surface area contributed by atoms with Crippen molar-refractivity contribution in [3.05, 3.63) is 35.9 Å². The summed E-state index contributed by atoms with van der Waals surface area (Å²) in [6.07, 6.45) is 2.40. The summed E-state index contributed by atoms with van der Waals surface area (Å²) in [7, 11) is 0. The number of ether oxygens (including phenoxy) is 1. The molecule has 0 spiro atoms. The van der Waals surface area contributed by atoms with Crippen LogP contribution in [0.15, 0.2) is 30.3 Å². The van der Waals surface area contributed by atoms with Gasteiger partial charge in [-0.05, 0) is 31.9 Å². The van der Waals surface area contributed by atoms with Crippen molar-refractivity contribution in [2.45, 2.75) is 31.8 Å². The number of likely N-dealkylation sites (tertiary alicyclic amines) is 1. The lowest BCUT2D eigenvalue weighted by Crippen LogP contribution is -2.42. The molecule has 4 nitrogen and oxygen atoms in total. The Balaban J connectivity index is 2.00. The van der Waals surface area contributed by atoms with Crippen LogP contribution in [0.2, 0.25) is 0 Å². The molecule has 1 fully saturated rings. The Hall–Kier alpha value is -1.39. The van der Waals surface area contributed by atoms with Crippen molar-refractivity contribution in [2.75, 3.05) is 26.2 Å². The molecule has 0 bridgehead atoms. The van der Waals surface area contributed by atoms with Crippen molar-refractivity contribution in [3.63, 3.8) is 0 Å². The number of piperidine rings is 1. The fraction of sp³-hybridized carbons (Fsp3) is 0.562. The molecule has 4 heteroatoms. The van der Waals surface area contributed by atoms with E-state index in [1.165, 1.54) is 0 Å². The van der Waals surface area contributed by atoms with Gasteiger partial charge in [0.1, 0.15) is 0 Å². The minimum absolute atomic E-state index is 0.249. The lowest BCUT2D eigenvalue weighted by molar-refractivity contribution is -0.139. The molecule has 1 heterocycles. The monoisotopic (exact) mass is 277 g/mol. The van der Waals surface area contributed by atoms with Crippen molar-refractivity contribution in [1.82, 2.24) is 4.90 Å². The molecule has 0 saturated carbocycles. The average Bonchev–Trinajstić information content (AvgIpc) is 2.46. The first kappa shape index (κ1) is 15.0. The zero-order valence-corrected chi connectivity index (χ0v) is 12.0. The summed E-state index contributed by atoms with van der Waals surface area (Å²) < 4.78 is 5.67. The van der Waals surface area contributed by atoms with Crippen LogP contribution < -0.4 is 0 Å². The Morgan fingerprint density at radius 3 is 2.85 bits per heavy atom. The van der Waals surface area contributed by atoms with E-state index in [4.69, 9.17) is 4.74 Å². The smallest absolute Gasteiger partial charge is 0.312 e. The van der Waals surface area contributed by atoms with Gasteiger partial charge in [-0.15, -0.1) is 0 Å². The van der Waals surface area contributed by atoms with E-state index < -0.39 is 11.9 Å². The standard InChI is InChI=1S/C16H23NO3/c1-2-20-14-9-6-10-17(11-14)12-15(16(18)19)13-7-4-3-5-8-13/h3-5,7-8,14-15H,2,6,9-12H2,1H3,(H,18,19). The fourth-order valence-corrected chi connectivity index (χ4v) is 2.82. The van der Waals surface area contributed by atoms with E-state index in [9.17, 15) is 9.90 Å². The van der Waals surface area contributed by atoms with E-state index in [-0.39, 0.29) is 6.10 Å². The quantitative estimate of drug-likeness (QED) is 0.867. The summed E-state index contributed by atoms with van der Waals surface area (Å²) in [6.45, 7) is 5.08. The molecular weight excluding hydrogens is 254 g/mol. The number of nitrogens with zero attached hydrogens (tertiary/aromatic N) is 1. The maximum absolute atomic E-state index is 11.5. The number of rotatable bonds is 6. The third-order valence-electron chi connectivity index (χ3n) is 3.81. The summed E-state index contributed by atoms with van der Waals surface area (Å²) in [5.74, 6) is -1.22. The third-order valence-corrected chi connectivity index (χ3v) is 3.81. The highest BCUT2D eigenvalue weighted by molar-refractivity contribution is 5.76. The van der Waals surface area contributed by atoms with Gasteiger partial charge in [0.25, 0.3) is 0 Å². The second-order valence-electron chi connectivity index (χ2n) is 5.28. The molecule has 1 saturated heterocycles. The van der Waals surface area contributed by atoms with Crippen molar-refractivity contribution in [3.8, 4) is 0 Å². The second-order valence-corrected chi connectivity index (χ2v) is 5.28. The summed E-state index contributed by atoms with van der Waals surface area (Å²) in [6, 6.07) is 9.48. The lowest BCUT2D eigenvalue weighted by atomic mass is 9.97. The summed E-state index contributed by atoms with van der Waals surface area (Å²) in [4.78, 5) is 13.7. The molecule has 1 aliphatic rings. The van der Waals surface area contributed by atoms with Gasteiger partial charge in [0, 0.05) is 19.7 Å². The largest absolute Gasteiger partial charge is 0.481 e. The zero-order valence-electron chi connectivity index (χ0n) is 12.0.